The molecule has 0 aromatic carbocycles. The number of methoxy groups -OCH3 is 1. The van der Waals surface area contributed by atoms with Gasteiger partial charge in [-0.25, -0.2) is 4.79 Å². The normalized spacial score (nSPS) is 14.5. The predicted molar refractivity (Wildman–Crippen MR) is 130 cm³/mol. The van der Waals surface area contributed by atoms with Gasteiger partial charge in [0, 0.05) is 6.92 Å². The van der Waals surface area contributed by atoms with Crippen LogP contribution in [0.15, 0.2) is 0 Å². The minimum absolute atomic E-state index is 0.150. The summed E-state index contributed by atoms with van der Waals surface area (Å²) in [5.41, 5.74) is 0.723. The molecule has 0 unspecified atom stereocenters. The molecule has 8 nitrogen and oxygen atoms in total. The highest BCUT2D eigenvalue weighted by molar-refractivity contribution is 7.59. The lowest BCUT2D eigenvalue weighted by molar-refractivity contribution is -0.145. The van der Waals surface area contributed by atoms with Crippen LogP contribution in [0.2, 0.25) is 0 Å². The molecule has 0 aliphatic heterocycles. The van der Waals surface area contributed by atoms with E-state index < -0.39 is 43.8 Å². The van der Waals surface area contributed by atoms with E-state index >= 15 is 0 Å². The molecule has 0 bridgehead atoms. The molecule has 0 saturated heterocycles. The maximum absolute atomic E-state index is 13.3. The second kappa shape index (κ2) is 14.5. The largest absolute Gasteiger partial charge is 0.467 e. The lowest BCUT2D eigenvalue weighted by Crippen LogP contribution is -2.58. The monoisotopic (exact) mass is 473 g/mol. The summed E-state index contributed by atoms with van der Waals surface area (Å²) in [5, 5.41) is 8.31. The molecule has 32 heavy (non-hydrogen) atoms. The number of rotatable bonds is 13. The fourth-order valence-corrected chi connectivity index (χ4v) is 6.25. The third-order valence-electron chi connectivity index (χ3n) is 5.17. The number of ether oxygens (including phenoxy) is 1. The summed E-state index contributed by atoms with van der Waals surface area (Å²) in [4.78, 5) is 50.1. The Morgan fingerprint density at radius 1 is 0.781 bits per heavy atom. The van der Waals surface area contributed by atoms with Crippen molar-refractivity contribution in [2.75, 3.05) is 13.3 Å². The third-order valence-corrected chi connectivity index (χ3v) is 8.61. The van der Waals surface area contributed by atoms with Gasteiger partial charge < -0.3 is 20.7 Å². The maximum atomic E-state index is 13.3. The number of carbonyl (C=O) groups excluding carboxylic acids is 4. The Labute approximate surface area is 195 Å². The number of nitrogens with one attached hydrogen (secondary N) is 3. The fraction of sp³-hybridized carbons (Fsp3) is 0.826. The first-order valence-corrected chi connectivity index (χ1v) is 13.1. The lowest BCUT2D eigenvalue weighted by atomic mass is 10.0. The van der Waals surface area contributed by atoms with Gasteiger partial charge in [-0.3, -0.25) is 14.4 Å². The average Bonchev–Trinajstić information content (AvgIpc) is 2.66. The van der Waals surface area contributed by atoms with Crippen molar-refractivity contribution in [3.8, 4) is 0 Å². The molecule has 0 fully saturated rings. The summed E-state index contributed by atoms with van der Waals surface area (Å²) >= 11 is 0. The van der Waals surface area contributed by atoms with Crippen molar-refractivity contribution in [1.82, 2.24) is 16.0 Å². The molecule has 0 aliphatic carbocycles. The van der Waals surface area contributed by atoms with Crippen LogP contribution in [0.3, 0.4) is 0 Å². The Kier molecular flexibility index (Phi) is 13.7. The van der Waals surface area contributed by atoms with Crippen LogP contribution in [0.5, 0.6) is 0 Å². The van der Waals surface area contributed by atoms with Gasteiger partial charge in [-0.15, -0.1) is 0 Å². The highest BCUT2D eigenvalue weighted by atomic mass is 31.1. The summed E-state index contributed by atoms with van der Waals surface area (Å²) in [6.07, 6.45) is 0.922. The number of hydrogen-bond acceptors (Lipinski definition) is 5. The topological polar surface area (TPSA) is 114 Å². The van der Waals surface area contributed by atoms with Gasteiger partial charge in [0.25, 0.3) is 0 Å². The van der Waals surface area contributed by atoms with Gasteiger partial charge in [-0.2, -0.15) is 0 Å². The molecule has 3 amide bonds. The van der Waals surface area contributed by atoms with Gasteiger partial charge in [-0.05, 0) is 35.7 Å². The molecule has 0 aliphatic rings. The van der Waals surface area contributed by atoms with Gasteiger partial charge in [0.05, 0.1) is 7.11 Å². The summed E-state index contributed by atoms with van der Waals surface area (Å²) < 4.78 is 4.86. The quantitative estimate of drug-likeness (QED) is 0.281. The minimum Gasteiger partial charge on any atom is -0.467 e. The van der Waals surface area contributed by atoms with E-state index in [-0.39, 0.29) is 17.7 Å². The summed E-state index contributed by atoms with van der Waals surface area (Å²) in [5.74, 6) is -1.62. The number of hydrogen-bond donors (Lipinski definition) is 3. The first kappa shape index (κ1) is 30.3. The van der Waals surface area contributed by atoms with Crippen LogP contribution in [0, 0.1) is 11.8 Å². The third kappa shape index (κ3) is 10.8. The Morgan fingerprint density at radius 2 is 1.28 bits per heavy atom. The summed E-state index contributed by atoms with van der Waals surface area (Å²) in [6.45, 7) is 17.4. The van der Waals surface area contributed by atoms with E-state index in [0.29, 0.717) is 23.9 Å². The van der Waals surface area contributed by atoms with Gasteiger partial charge >= 0.3 is 5.97 Å². The smallest absolute Gasteiger partial charge is 0.328 e. The van der Waals surface area contributed by atoms with Crippen LogP contribution in [0.25, 0.3) is 0 Å². The van der Waals surface area contributed by atoms with Crippen LogP contribution in [-0.2, 0) is 23.9 Å². The minimum atomic E-state index is -0.812. The van der Waals surface area contributed by atoms with Gasteiger partial charge in [-0.1, -0.05) is 63.3 Å². The molecule has 0 aromatic rings. The van der Waals surface area contributed by atoms with E-state index in [1.165, 1.54) is 14.0 Å². The van der Waals surface area contributed by atoms with E-state index in [1.807, 2.05) is 27.7 Å². The Morgan fingerprint density at radius 3 is 1.66 bits per heavy atom. The maximum Gasteiger partial charge on any atom is 0.328 e. The molecule has 0 radical (unpaired) electrons. The molecule has 9 heteroatoms. The van der Waals surface area contributed by atoms with Crippen molar-refractivity contribution in [3.63, 3.8) is 0 Å². The van der Waals surface area contributed by atoms with Crippen molar-refractivity contribution >= 4 is 31.6 Å². The molecular weight excluding hydrogens is 429 g/mol. The van der Waals surface area contributed by atoms with Gasteiger partial charge in [0.2, 0.25) is 17.7 Å². The van der Waals surface area contributed by atoms with E-state index in [0.717, 1.165) is 0 Å². The van der Waals surface area contributed by atoms with E-state index in [1.54, 1.807) is 0 Å². The van der Waals surface area contributed by atoms with E-state index in [2.05, 4.69) is 43.6 Å². The molecule has 186 valence electrons. The second-order valence-corrected chi connectivity index (χ2v) is 13.0. The highest BCUT2D eigenvalue weighted by Crippen LogP contribution is 2.46. The van der Waals surface area contributed by atoms with E-state index in [4.69, 9.17) is 4.74 Å². The van der Waals surface area contributed by atoms with Crippen LogP contribution in [0.1, 0.15) is 68.7 Å². The van der Waals surface area contributed by atoms with Crippen LogP contribution in [-0.4, -0.2) is 66.4 Å². The summed E-state index contributed by atoms with van der Waals surface area (Å²) in [6, 6.07) is -2.35. The van der Waals surface area contributed by atoms with Gasteiger partial charge in [0.15, 0.2) is 0 Å². The molecule has 3 atom stereocenters. The SMILES string of the molecule is COC(=O)[C@H](CC(C)C)NC(=O)[C@H](CP(C(C)C)C(C)C)NC(=O)[C@@H](NC(C)=O)C(C)C. The molecule has 0 saturated carbocycles. The predicted octanol–water partition coefficient (Wildman–Crippen LogP) is 2.63. The summed E-state index contributed by atoms with van der Waals surface area (Å²) in [7, 11) is 0.718. The molecular formula is C23H44N3O5P. The van der Waals surface area contributed by atoms with Crippen molar-refractivity contribution in [1.29, 1.82) is 0 Å². The van der Waals surface area contributed by atoms with Gasteiger partial charge in [0.1, 0.15) is 18.1 Å². The Hall–Kier alpha value is -1.69. The zero-order valence-electron chi connectivity index (χ0n) is 21.4. The Bertz CT molecular complexity index is 629. The first-order chi connectivity index (χ1) is 14.7. The van der Waals surface area contributed by atoms with Crippen LogP contribution < -0.4 is 16.0 Å². The Balaban J connectivity index is 5.83. The van der Waals surface area contributed by atoms with E-state index in [9.17, 15) is 19.2 Å². The molecule has 3 N–H and O–H groups in total. The molecule has 0 aromatic heterocycles. The van der Waals surface area contributed by atoms with Crippen molar-refractivity contribution in [2.24, 2.45) is 11.8 Å². The highest BCUT2D eigenvalue weighted by Gasteiger charge is 2.33. The number of amides is 3. The zero-order chi connectivity index (χ0) is 25.2. The van der Waals surface area contributed by atoms with Crippen molar-refractivity contribution < 1.29 is 23.9 Å². The fourth-order valence-electron chi connectivity index (χ4n) is 3.54. The number of esters is 1. The average molecular weight is 474 g/mol. The zero-order valence-corrected chi connectivity index (χ0v) is 22.3. The lowest BCUT2D eigenvalue weighted by Gasteiger charge is -2.32. The van der Waals surface area contributed by atoms with Crippen molar-refractivity contribution in [3.05, 3.63) is 0 Å². The molecule has 0 rings (SSSR count). The van der Waals surface area contributed by atoms with Crippen LogP contribution in [0.4, 0.5) is 0 Å². The van der Waals surface area contributed by atoms with Crippen molar-refractivity contribution in [2.45, 2.75) is 98.2 Å². The standard InChI is InChI=1S/C23H44N3O5P/c1-13(2)11-18(23(30)31-10)25-21(28)19(12-32(15(5)6)16(7)8)26-22(29)20(14(3)4)24-17(9)27/h13-16,18-20H,11-12H2,1-10H3,(H,24,27)(H,25,28)(H,26,29)/t18-,19-,20-/m0/s1. The molecule has 0 spiro atoms. The number of carbonyl (C=O) groups is 4. The molecule has 0 heterocycles. The second-order valence-electron chi connectivity index (χ2n) is 9.58. The van der Waals surface area contributed by atoms with Crippen LogP contribution >= 0.6 is 7.92 Å². The first-order valence-electron chi connectivity index (χ1n) is 11.4.